The standard InChI is InChI=1S/C20H16Cl2Si.Hf/c1-19(21)15-9-5-3-7-13(15)11-17(19)23-18-12-14-8-4-6-10-16(14)20(18,2)22;/h3-12H,1-2H3;. The molecular formula is C20H16Cl2HfSi. The van der Waals surface area contributed by atoms with Crippen LogP contribution in [0.15, 0.2) is 58.9 Å². The van der Waals surface area contributed by atoms with Crippen molar-refractivity contribution < 1.29 is 25.8 Å². The first-order chi connectivity index (χ1) is 10.9. The van der Waals surface area contributed by atoms with Crippen LogP contribution in [0.3, 0.4) is 0 Å². The van der Waals surface area contributed by atoms with Crippen LogP contribution >= 0.6 is 23.2 Å². The average Bonchev–Trinajstić information content (AvgIpc) is 2.92. The Morgan fingerprint density at radius 2 is 1.08 bits per heavy atom. The molecular weight excluding hydrogens is 518 g/mol. The quantitative estimate of drug-likeness (QED) is 0.343. The first-order valence-electron chi connectivity index (χ1n) is 7.69. The molecule has 2 radical (unpaired) electrons. The Balaban J connectivity index is 0.00000169. The van der Waals surface area contributed by atoms with E-state index in [2.05, 4.69) is 74.5 Å². The molecule has 0 N–H and O–H groups in total. The molecule has 0 nitrogen and oxygen atoms in total. The van der Waals surface area contributed by atoms with Crippen molar-refractivity contribution in [3.63, 3.8) is 0 Å². The zero-order valence-electron chi connectivity index (χ0n) is 13.5. The summed E-state index contributed by atoms with van der Waals surface area (Å²) in [6.45, 7) is 4.18. The molecule has 0 spiro atoms. The van der Waals surface area contributed by atoms with Crippen molar-refractivity contribution in [1.82, 2.24) is 0 Å². The molecule has 2 aliphatic rings. The number of benzene rings is 2. The van der Waals surface area contributed by atoms with E-state index in [1.807, 2.05) is 0 Å². The monoisotopic (exact) mass is 534 g/mol. The molecule has 0 fully saturated rings. The van der Waals surface area contributed by atoms with Crippen molar-refractivity contribution in [3.05, 3.63) is 81.2 Å². The number of rotatable bonds is 2. The Labute approximate surface area is 174 Å². The molecule has 118 valence electrons. The van der Waals surface area contributed by atoms with Gasteiger partial charge in [-0.25, -0.2) is 0 Å². The van der Waals surface area contributed by atoms with Gasteiger partial charge in [0.15, 0.2) is 0 Å². The summed E-state index contributed by atoms with van der Waals surface area (Å²) in [6.07, 6.45) is 4.47. The number of allylic oxidation sites excluding steroid dienone is 2. The number of hydrogen-bond acceptors (Lipinski definition) is 0. The van der Waals surface area contributed by atoms with Crippen molar-refractivity contribution in [1.29, 1.82) is 0 Å². The van der Waals surface area contributed by atoms with Crippen LogP contribution in [0, 0.1) is 0 Å². The molecule has 2 aromatic carbocycles. The predicted molar refractivity (Wildman–Crippen MR) is 101 cm³/mol. The van der Waals surface area contributed by atoms with Gasteiger partial charge in [0, 0.05) is 25.8 Å². The zero-order valence-corrected chi connectivity index (χ0v) is 19.6. The molecule has 0 aromatic heterocycles. The molecule has 0 heterocycles. The van der Waals surface area contributed by atoms with Crippen LogP contribution in [0.5, 0.6) is 0 Å². The molecule has 0 bridgehead atoms. The molecule has 2 aromatic rings. The van der Waals surface area contributed by atoms with E-state index in [9.17, 15) is 0 Å². The Bertz CT molecular complexity index is 794. The van der Waals surface area contributed by atoms with Gasteiger partial charge in [0.1, 0.15) is 9.52 Å². The van der Waals surface area contributed by atoms with E-state index < -0.39 is 9.75 Å². The van der Waals surface area contributed by atoms with Crippen LogP contribution in [0.4, 0.5) is 0 Å². The van der Waals surface area contributed by atoms with Crippen molar-refractivity contribution in [2.75, 3.05) is 0 Å². The predicted octanol–water partition coefficient (Wildman–Crippen LogP) is 5.71. The summed E-state index contributed by atoms with van der Waals surface area (Å²) in [6, 6.07) is 16.7. The number of halogens is 2. The Morgan fingerprint density at radius 3 is 1.46 bits per heavy atom. The molecule has 4 heteroatoms. The Morgan fingerprint density at radius 1 is 0.708 bits per heavy atom. The topological polar surface area (TPSA) is 0 Å². The average molecular weight is 534 g/mol. The Kier molecular flexibility index (Phi) is 4.89. The fourth-order valence-corrected chi connectivity index (χ4v) is 5.65. The molecule has 0 saturated carbocycles. The minimum atomic E-state index is -0.447. The first-order valence-corrected chi connectivity index (χ1v) is 9.44. The van der Waals surface area contributed by atoms with Gasteiger partial charge in [-0.3, -0.25) is 0 Å². The summed E-state index contributed by atoms with van der Waals surface area (Å²) in [7, 11) is 0.493. The van der Waals surface area contributed by atoms with Gasteiger partial charge in [-0.2, -0.15) is 0 Å². The van der Waals surface area contributed by atoms with Crippen LogP contribution in [0.2, 0.25) is 0 Å². The third-order valence-corrected chi connectivity index (χ3v) is 7.77. The van der Waals surface area contributed by atoms with Crippen molar-refractivity contribution in [2.24, 2.45) is 0 Å². The summed E-state index contributed by atoms with van der Waals surface area (Å²) in [4.78, 5) is -0.894. The molecule has 2 atom stereocenters. The van der Waals surface area contributed by atoms with Crippen molar-refractivity contribution in [3.8, 4) is 0 Å². The Hall–Kier alpha value is -0.413. The molecule has 0 amide bonds. The second-order valence-electron chi connectivity index (χ2n) is 6.42. The summed E-state index contributed by atoms with van der Waals surface area (Å²) < 4.78 is 0. The van der Waals surface area contributed by atoms with E-state index in [0.717, 1.165) is 0 Å². The molecule has 2 aliphatic carbocycles. The molecule has 4 rings (SSSR count). The first kappa shape index (κ1) is 18.4. The van der Waals surface area contributed by atoms with Gasteiger partial charge in [0.2, 0.25) is 0 Å². The largest absolute Gasteiger partial charge is 0.115 e. The van der Waals surface area contributed by atoms with Gasteiger partial charge in [0.25, 0.3) is 0 Å². The third-order valence-electron chi connectivity index (χ3n) is 4.81. The van der Waals surface area contributed by atoms with Gasteiger partial charge in [-0.1, -0.05) is 71.1 Å². The second kappa shape index (κ2) is 6.39. The maximum Gasteiger partial charge on any atom is 0.115 e. The third kappa shape index (κ3) is 2.76. The summed E-state index contributed by atoms with van der Waals surface area (Å²) in [5, 5.41) is 2.48. The van der Waals surface area contributed by atoms with Gasteiger partial charge in [0.05, 0.1) is 9.75 Å². The van der Waals surface area contributed by atoms with E-state index >= 15 is 0 Å². The van der Waals surface area contributed by atoms with E-state index in [1.165, 1.54) is 32.6 Å². The van der Waals surface area contributed by atoms with Crippen LogP contribution in [0.25, 0.3) is 12.2 Å². The number of fused-ring (bicyclic) bond motifs is 2. The van der Waals surface area contributed by atoms with Gasteiger partial charge < -0.3 is 0 Å². The summed E-state index contributed by atoms with van der Waals surface area (Å²) >= 11 is 13.8. The molecule has 0 aliphatic heterocycles. The summed E-state index contributed by atoms with van der Waals surface area (Å²) in [5.41, 5.74) is 4.83. The maximum absolute atomic E-state index is 6.92. The van der Waals surface area contributed by atoms with Crippen LogP contribution in [0.1, 0.15) is 36.1 Å². The fourth-order valence-electron chi connectivity index (χ4n) is 3.43. The van der Waals surface area contributed by atoms with Gasteiger partial charge in [-0.05, 0) is 36.1 Å². The molecule has 2 unspecified atom stereocenters. The minimum Gasteiger partial charge on any atom is -0.110 e. The van der Waals surface area contributed by atoms with E-state index in [-0.39, 0.29) is 25.8 Å². The second-order valence-corrected chi connectivity index (χ2v) is 9.26. The van der Waals surface area contributed by atoms with Crippen molar-refractivity contribution in [2.45, 2.75) is 23.6 Å². The minimum absolute atomic E-state index is 0. The normalized spacial score (nSPS) is 27.0. The molecule has 0 saturated heterocycles. The fraction of sp³-hybridized carbons (Fsp3) is 0.200. The van der Waals surface area contributed by atoms with E-state index in [0.29, 0.717) is 9.52 Å². The van der Waals surface area contributed by atoms with Crippen LogP contribution in [-0.4, -0.2) is 9.52 Å². The summed E-state index contributed by atoms with van der Waals surface area (Å²) in [5.74, 6) is 0. The maximum atomic E-state index is 6.92. The smallest absolute Gasteiger partial charge is 0.110 e. The van der Waals surface area contributed by atoms with Gasteiger partial charge in [-0.15, -0.1) is 23.2 Å². The SMILES string of the molecule is CC1(Cl)C([Si]C2=Cc3ccccc3C2(C)Cl)=Cc2ccccc21.[Hf]. The molecule has 24 heavy (non-hydrogen) atoms. The van der Waals surface area contributed by atoms with Crippen molar-refractivity contribution >= 4 is 44.9 Å². The van der Waals surface area contributed by atoms with Crippen LogP contribution < -0.4 is 0 Å². The van der Waals surface area contributed by atoms with Gasteiger partial charge >= 0.3 is 0 Å². The van der Waals surface area contributed by atoms with E-state index in [4.69, 9.17) is 23.2 Å². The number of alkyl halides is 2. The number of hydrogen-bond donors (Lipinski definition) is 0. The zero-order chi connectivity index (χ0) is 16.2. The van der Waals surface area contributed by atoms with Crippen LogP contribution in [-0.2, 0) is 35.6 Å². The van der Waals surface area contributed by atoms with E-state index in [1.54, 1.807) is 0 Å².